The smallest absolute Gasteiger partial charge is 0.194 e. The molecule has 0 amide bonds. The van der Waals surface area contributed by atoms with E-state index >= 15 is 0 Å². The number of aliphatic imine (C=N–C) groups is 1. The lowest BCUT2D eigenvalue weighted by Gasteiger charge is -2.38. The number of aryl methyl sites for hydroxylation is 2. The molecule has 1 N–H and O–H groups in total. The Morgan fingerprint density at radius 3 is 2.50 bits per heavy atom. The fourth-order valence-electron chi connectivity index (χ4n) is 3.38. The van der Waals surface area contributed by atoms with E-state index in [0.29, 0.717) is 12.6 Å². The molecule has 152 valence electrons. The predicted octanol–water partition coefficient (Wildman–Crippen LogP) is 2.48. The van der Waals surface area contributed by atoms with Gasteiger partial charge >= 0.3 is 0 Å². The van der Waals surface area contributed by atoms with E-state index in [1.54, 1.807) is 0 Å². The molecule has 2 aliphatic rings. The molecule has 0 unspecified atom stereocenters. The first-order valence-corrected chi connectivity index (χ1v) is 9.82. The normalized spacial score (nSPS) is 17.5. The van der Waals surface area contributed by atoms with Crippen molar-refractivity contribution in [3.63, 3.8) is 0 Å². The van der Waals surface area contributed by atoms with Gasteiger partial charge in [-0.2, -0.15) is 0 Å². The Kier molecular flexibility index (Phi) is 6.79. The molecule has 1 saturated carbocycles. The first-order valence-electron chi connectivity index (χ1n) is 9.82. The maximum absolute atomic E-state index is 4.87. The van der Waals surface area contributed by atoms with E-state index in [1.807, 2.05) is 18.5 Å². The molecule has 0 bridgehead atoms. The minimum absolute atomic E-state index is 0. The number of piperazine rings is 1. The zero-order valence-electron chi connectivity index (χ0n) is 16.9. The molecule has 1 saturated heterocycles. The van der Waals surface area contributed by atoms with Gasteiger partial charge in [0.05, 0.1) is 0 Å². The first kappa shape index (κ1) is 20.9. The molecule has 1 aliphatic carbocycles. The van der Waals surface area contributed by atoms with E-state index in [0.717, 1.165) is 43.8 Å². The number of rotatable bonds is 4. The maximum Gasteiger partial charge on any atom is 0.194 e. The largest absolute Gasteiger partial charge is 0.368 e. The molecule has 28 heavy (non-hydrogen) atoms. The van der Waals surface area contributed by atoms with Gasteiger partial charge in [0, 0.05) is 45.0 Å². The molecule has 2 aromatic rings. The monoisotopic (exact) mass is 495 g/mol. The van der Waals surface area contributed by atoms with Crippen molar-refractivity contribution in [2.45, 2.75) is 39.3 Å². The Balaban J connectivity index is 0.00000225. The van der Waals surface area contributed by atoms with E-state index < -0.39 is 0 Å². The highest BCUT2D eigenvalue weighted by molar-refractivity contribution is 14.0. The van der Waals surface area contributed by atoms with Crippen LogP contribution >= 0.6 is 24.0 Å². The van der Waals surface area contributed by atoms with Gasteiger partial charge in [0.15, 0.2) is 11.8 Å². The van der Waals surface area contributed by atoms with Crippen molar-refractivity contribution in [3.8, 4) is 0 Å². The minimum atomic E-state index is 0. The Bertz CT molecular complexity index is 820. The van der Waals surface area contributed by atoms with Gasteiger partial charge in [-0.05, 0) is 44.4 Å². The van der Waals surface area contributed by atoms with Crippen molar-refractivity contribution in [2.24, 2.45) is 12.0 Å². The molecule has 2 fully saturated rings. The molecule has 4 rings (SSSR count). The maximum atomic E-state index is 4.87. The summed E-state index contributed by atoms with van der Waals surface area (Å²) in [5.41, 5.74) is 2.63. The minimum Gasteiger partial charge on any atom is -0.368 e. The highest BCUT2D eigenvalue weighted by atomic mass is 127. The lowest BCUT2D eigenvalue weighted by atomic mass is 10.2. The van der Waals surface area contributed by atoms with Crippen LogP contribution in [0.2, 0.25) is 0 Å². The van der Waals surface area contributed by atoms with Gasteiger partial charge in [-0.25, -0.2) is 4.99 Å². The Hall–Kier alpha value is -1.84. The van der Waals surface area contributed by atoms with Gasteiger partial charge in [0.1, 0.15) is 12.4 Å². The summed E-state index contributed by atoms with van der Waals surface area (Å²) in [4.78, 5) is 9.72. The van der Waals surface area contributed by atoms with E-state index in [4.69, 9.17) is 4.99 Å². The number of aromatic nitrogens is 3. The summed E-state index contributed by atoms with van der Waals surface area (Å²) in [6.07, 6.45) is 2.48. The molecule has 0 atom stereocenters. The Morgan fingerprint density at radius 2 is 1.89 bits per heavy atom. The molecular weight excluding hydrogens is 465 g/mol. The summed E-state index contributed by atoms with van der Waals surface area (Å²) >= 11 is 0. The van der Waals surface area contributed by atoms with Crippen molar-refractivity contribution >= 4 is 35.6 Å². The molecule has 0 spiro atoms. The van der Waals surface area contributed by atoms with Crippen LogP contribution in [0.1, 0.15) is 30.1 Å². The van der Waals surface area contributed by atoms with Crippen molar-refractivity contribution in [1.29, 1.82) is 0 Å². The van der Waals surface area contributed by atoms with Crippen molar-refractivity contribution in [2.75, 3.05) is 31.1 Å². The van der Waals surface area contributed by atoms with Gasteiger partial charge in [-0.1, -0.05) is 12.1 Å². The van der Waals surface area contributed by atoms with Gasteiger partial charge in [-0.15, -0.1) is 34.2 Å². The number of anilines is 1. The molecule has 8 heteroatoms. The second-order valence-corrected chi connectivity index (χ2v) is 7.59. The van der Waals surface area contributed by atoms with Crippen molar-refractivity contribution in [1.82, 2.24) is 25.0 Å². The molecule has 1 aliphatic heterocycles. The third-order valence-electron chi connectivity index (χ3n) is 5.41. The number of hydrogen-bond acceptors (Lipinski definition) is 4. The van der Waals surface area contributed by atoms with Gasteiger partial charge in [-0.3, -0.25) is 0 Å². The second kappa shape index (κ2) is 9.11. The van der Waals surface area contributed by atoms with Gasteiger partial charge in [0.2, 0.25) is 0 Å². The van der Waals surface area contributed by atoms with Crippen LogP contribution in [0.5, 0.6) is 0 Å². The van der Waals surface area contributed by atoms with Crippen LogP contribution in [0.15, 0.2) is 29.3 Å². The number of benzene rings is 1. The summed E-state index contributed by atoms with van der Waals surface area (Å²) in [5.74, 6) is 2.84. The van der Waals surface area contributed by atoms with Crippen LogP contribution in [-0.4, -0.2) is 57.8 Å². The molecule has 0 radical (unpaired) electrons. The molecule has 1 aromatic carbocycles. The third kappa shape index (κ3) is 4.95. The molecule has 7 nitrogen and oxygen atoms in total. The van der Waals surface area contributed by atoms with Crippen LogP contribution < -0.4 is 10.2 Å². The zero-order chi connectivity index (χ0) is 18.8. The van der Waals surface area contributed by atoms with E-state index in [2.05, 4.69) is 56.5 Å². The SMILES string of the molecule is Cc1cccc(N2CCN(C(=NCc3nnc(C)n3C)NC3CC3)CC2)c1.I. The van der Waals surface area contributed by atoms with E-state index in [1.165, 1.54) is 24.1 Å². The lowest BCUT2D eigenvalue weighted by Crippen LogP contribution is -2.53. The van der Waals surface area contributed by atoms with Crippen LogP contribution in [0.25, 0.3) is 0 Å². The van der Waals surface area contributed by atoms with Crippen molar-refractivity contribution < 1.29 is 0 Å². The third-order valence-corrected chi connectivity index (χ3v) is 5.41. The highest BCUT2D eigenvalue weighted by Crippen LogP contribution is 2.21. The fraction of sp³-hybridized carbons (Fsp3) is 0.550. The van der Waals surface area contributed by atoms with E-state index in [-0.39, 0.29) is 24.0 Å². The summed E-state index contributed by atoms with van der Waals surface area (Å²) < 4.78 is 2.01. The highest BCUT2D eigenvalue weighted by Gasteiger charge is 2.27. The van der Waals surface area contributed by atoms with Crippen LogP contribution in [0.4, 0.5) is 5.69 Å². The summed E-state index contributed by atoms with van der Waals surface area (Å²) in [6, 6.07) is 9.35. The Morgan fingerprint density at radius 1 is 1.14 bits per heavy atom. The Labute approximate surface area is 184 Å². The number of nitrogens with one attached hydrogen (secondary N) is 1. The topological polar surface area (TPSA) is 61.6 Å². The molecule has 1 aromatic heterocycles. The number of guanidine groups is 1. The summed E-state index contributed by atoms with van der Waals surface area (Å²) in [5, 5.41) is 12.0. The van der Waals surface area contributed by atoms with Gasteiger partial charge < -0.3 is 19.7 Å². The van der Waals surface area contributed by atoms with Gasteiger partial charge in [0.25, 0.3) is 0 Å². The van der Waals surface area contributed by atoms with Crippen LogP contribution in [0, 0.1) is 13.8 Å². The number of nitrogens with zero attached hydrogens (tertiary/aromatic N) is 6. The molecular formula is C20H30IN7. The lowest BCUT2D eigenvalue weighted by molar-refractivity contribution is 0.371. The van der Waals surface area contributed by atoms with E-state index in [9.17, 15) is 0 Å². The average molecular weight is 495 g/mol. The predicted molar refractivity (Wildman–Crippen MR) is 123 cm³/mol. The number of hydrogen-bond donors (Lipinski definition) is 1. The first-order chi connectivity index (χ1) is 13.1. The zero-order valence-corrected chi connectivity index (χ0v) is 19.3. The number of halogens is 1. The fourth-order valence-corrected chi connectivity index (χ4v) is 3.38. The quantitative estimate of drug-likeness (QED) is 0.401. The van der Waals surface area contributed by atoms with Crippen LogP contribution in [-0.2, 0) is 13.6 Å². The molecule has 2 heterocycles. The second-order valence-electron chi connectivity index (χ2n) is 7.59. The van der Waals surface area contributed by atoms with Crippen LogP contribution in [0.3, 0.4) is 0 Å². The van der Waals surface area contributed by atoms with Crippen molar-refractivity contribution in [3.05, 3.63) is 41.5 Å². The standard InChI is InChI=1S/C20H29N7.HI/c1-15-5-4-6-18(13-15)26-9-11-27(12-10-26)20(22-17-7-8-17)21-14-19-24-23-16(2)25(19)3;/h4-6,13,17H,7-12,14H2,1-3H3,(H,21,22);1H. The average Bonchev–Trinajstić information content (AvgIpc) is 3.45. The summed E-state index contributed by atoms with van der Waals surface area (Å²) in [7, 11) is 1.99. The summed E-state index contributed by atoms with van der Waals surface area (Å²) in [6.45, 7) is 8.65.